The fourth-order valence-corrected chi connectivity index (χ4v) is 1.51. The predicted octanol–water partition coefficient (Wildman–Crippen LogP) is 0.127. The van der Waals surface area contributed by atoms with Crippen LogP contribution in [0.3, 0.4) is 0 Å². The van der Waals surface area contributed by atoms with Gasteiger partial charge < -0.3 is 21.5 Å². The van der Waals surface area contributed by atoms with Gasteiger partial charge in [0.05, 0.1) is 0 Å². The summed E-state index contributed by atoms with van der Waals surface area (Å²) in [6.07, 6.45) is 0. The van der Waals surface area contributed by atoms with Gasteiger partial charge in [0, 0.05) is 13.2 Å². The normalized spacial score (nSPS) is 12.4. The van der Waals surface area contributed by atoms with Gasteiger partial charge in [0.1, 0.15) is 24.3 Å². The molecule has 1 aromatic heterocycles. The van der Waals surface area contributed by atoms with Crippen LogP contribution in [-0.2, 0) is 16.1 Å². The van der Waals surface area contributed by atoms with E-state index in [1.807, 2.05) is 13.8 Å². The Morgan fingerprint density at radius 1 is 1.50 bits per heavy atom. The van der Waals surface area contributed by atoms with Crippen LogP contribution in [-0.4, -0.2) is 29.0 Å². The highest BCUT2D eigenvalue weighted by atomic mass is 16.5. The molecule has 0 fully saturated rings. The van der Waals surface area contributed by atoms with Gasteiger partial charge in [0.15, 0.2) is 5.82 Å². The van der Waals surface area contributed by atoms with Crippen LogP contribution in [0.4, 0.5) is 11.6 Å². The average Bonchev–Trinajstić information content (AvgIpc) is 2.24. The Kier molecular flexibility index (Phi) is 4.85. The molecule has 7 nitrogen and oxygen atoms in total. The Morgan fingerprint density at radius 3 is 2.67 bits per heavy atom. The summed E-state index contributed by atoms with van der Waals surface area (Å²) in [6, 6.07) is 1.05. The summed E-state index contributed by atoms with van der Waals surface area (Å²) in [6.45, 7) is 4.04. The van der Waals surface area contributed by atoms with Crippen molar-refractivity contribution in [3.63, 3.8) is 0 Å². The first-order valence-electron chi connectivity index (χ1n) is 5.62. The molecule has 0 aliphatic carbocycles. The van der Waals surface area contributed by atoms with Crippen molar-refractivity contribution >= 4 is 17.5 Å². The highest BCUT2D eigenvalue weighted by molar-refractivity contribution is 5.83. The Hall–Kier alpha value is -1.89. The van der Waals surface area contributed by atoms with E-state index in [-0.39, 0.29) is 12.5 Å². The van der Waals surface area contributed by atoms with Gasteiger partial charge in [0.25, 0.3) is 0 Å². The van der Waals surface area contributed by atoms with Gasteiger partial charge in [-0.15, -0.1) is 0 Å². The van der Waals surface area contributed by atoms with Crippen LogP contribution in [0.1, 0.15) is 19.7 Å². The van der Waals surface area contributed by atoms with Crippen LogP contribution >= 0.6 is 0 Å². The maximum atomic E-state index is 11.3. The van der Waals surface area contributed by atoms with E-state index >= 15 is 0 Å². The Balaban J connectivity index is 2.91. The molecular weight excluding hydrogens is 234 g/mol. The highest BCUT2D eigenvalue weighted by Crippen LogP contribution is 2.13. The number of nitrogens with two attached hydrogens (primary N) is 2. The number of nitrogens with zero attached hydrogens (tertiary/aromatic N) is 2. The number of nitrogens with one attached hydrogen (secondary N) is 1. The lowest BCUT2D eigenvalue weighted by Crippen LogP contribution is -2.39. The SMILES string of the molecule is COCc1nc(N)cc(NC(C(N)=O)C(C)C)n1. The highest BCUT2D eigenvalue weighted by Gasteiger charge is 2.20. The largest absolute Gasteiger partial charge is 0.384 e. The van der Waals surface area contributed by atoms with Gasteiger partial charge in [0.2, 0.25) is 5.91 Å². The molecule has 1 rings (SSSR count). The number of carbonyl (C=O) groups is 1. The summed E-state index contributed by atoms with van der Waals surface area (Å²) >= 11 is 0. The third-order valence-corrected chi connectivity index (χ3v) is 2.34. The molecule has 1 amide bonds. The van der Waals surface area contributed by atoms with Gasteiger partial charge >= 0.3 is 0 Å². The number of carbonyl (C=O) groups excluding carboxylic acids is 1. The third kappa shape index (κ3) is 3.85. The third-order valence-electron chi connectivity index (χ3n) is 2.34. The number of methoxy groups -OCH3 is 1. The van der Waals surface area contributed by atoms with Gasteiger partial charge in [-0.1, -0.05) is 13.8 Å². The van der Waals surface area contributed by atoms with Crippen molar-refractivity contribution in [1.29, 1.82) is 0 Å². The summed E-state index contributed by atoms with van der Waals surface area (Å²) in [5, 5.41) is 2.96. The quantitative estimate of drug-likeness (QED) is 0.663. The fourth-order valence-electron chi connectivity index (χ4n) is 1.51. The summed E-state index contributed by atoms with van der Waals surface area (Å²) in [5.41, 5.74) is 11.0. The molecule has 1 unspecified atom stereocenters. The van der Waals surface area contributed by atoms with Crippen LogP contribution in [0, 0.1) is 5.92 Å². The maximum Gasteiger partial charge on any atom is 0.240 e. The zero-order chi connectivity index (χ0) is 13.7. The van der Waals surface area contributed by atoms with E-state index in [0.29, 0.717) is 17.5 Å². The first kappa shape index (κ1) is 14.2. The van der Waals surface area contributed by atoms with E-state index in [9.17, 15) is 4.79 Å². The van der Waals surface area contributed by atoms with E-state index in [1.165, 1.54) is 0 Å². The number of amides is 1. The monoisotopic (exact) mass is 253 g/mol. The second kappa shape index (κ2) is 6.15. The Bertz CT molecular complexity index is 422. The zero-order valence-corrected chi connectivity index (χ0v) is 10.8. The van der Waals surface area contributed by atoms with Crippen molar-refractivity contribution < 1.29 is 9.53 Å². The lowest BCUT2D eigenvalue weighted by Gasteiger charge is -2.19. The van der Waals surface area contributed by atoms with Gasteiger partial charge in [-0.3, -0.25) is 4.79 Å². The summed E-state index contributed by atoms with van der Waals surface area (Å²) in [4.78, 5) is 19.5. The second-order valence-electron chi connectivity index (χ2n) is 4.30. The first-order chi connectivity index (χ1) is 8.43. The molecule has 0 aliphatic heterocycles. The molecule has 7 heteroatoms. The lowest BCUT2D eigenvalue weighted by atomic mass is 10.0. The van der Waals surface area contributed by atoms with E-state index in [4.69, 9.17) is 16.2 Å². The van der Waals surface area contributed by atoms with Crippen molar-refractivity contribution in [1.82, 2.24) is 9.97 Å². The number of hydrogen-bond acceptors (Lipinski definition) is 6. The smallest absolute Gasteiger partial charge is 0.240 e. The molecule has 0 aliphatic rings. The molecule has 0 aromatic carbocycles. The number of hydrogen-bond donors (Lipinski definition) is 3. The fraction of sp³-hybridized carbons (Fsp3) is 0.545. The molecule has 0 bridgehead atoms. The second-order valence-corrected chi connectivity index (χ2v) is 4.30. The van der Waals surface area contributed by atoms with Crippen LogP contribution in [0.15, 0.2) is 6.07 Å². The van der Waals surface area contributed by atoms with E-state index in [1.54, 1.807) is 13.2 Å². The lowest BCUT2D eigenvalue weighted by molar-refractivity contribution is -0.119. The molecule has 18 heavy (non-hydrogen) atoms. The minimum Gasteiger partial charge on any atom is -0.384 e. The average molecular weight is 253 g/mol. The number of rotatable bonds is 6. The van der Waals surface area contributed by atoms with Gasteiger partial charge in [-0.25, -0.2) is 9.97 Å². The molecule has 1 aromatic rings. The van der Waals surface area contributed by atoms with E-state index in [2.05, 4.69) is 15.3 Å². The van der Waals surface area contributed by atoms with Crippen molar-refractivity contribution in [2.45, 2.75) is 26.5 Å². The standard InChI is InChI=1S/C11H19N5O2/c1-6(2)10(11(13)17)16-8-4-7(12)14-9(15-8)5-18-3/h4,6,10H,5H2,1-3H3,(H2,13,17)(H3,12,14,15,16). The summed E-state index contributed by atoms with van der Waals surface area (Å²) < 4.78 is 4.94. The first-order valence-corrected chi connectivity index (χ1v) is 5.62. The number of aromatic nitrogens is 2. The zero-order valence-electron chi connectivity index (χ0n) is 10.8. The van der Waals surface area contributed by atoms with Crippen molar-refractivity contribution in [2.75, 3.05) is 18.2 Å². The van der Waals surface area contributed by atoms with E-state index < -0.39 is 11.9 Å². The molecule has 0 saturated heterocycles. The van der Waals surface area contributed by atoms with Crippen LogP contribution < -0.4 is 16.8 Å². The molecule has 0 spiro atoms. The molecule has 100 valence electrons. The number of ether oxygens (including phenoxy) is 1. The summed E-state index contributed by atoms with van der Waals surface area (Å²) in [5.74, 6) is 0.839. The molecule has 1 heterocycles. The number of nitrogen functional groups attached to an aromatic ring is 1. The predicted molar refractivity (Wildman–Crippen MR) is 68.6 cm³/mol. The number of anilines is 2. The van der Waals surface area contributed by atoms with Gasteiger partial charge in [-0.2, -0.15) is 0 Å². The van der Waals surface area contributed by atoms with Crippen molar-refractivity contribution in [3.05, 3.63) is 11.9 Å². The minimum atomic E-state index is -0.505. The molecule has 0 saturated carbocycles. The molecule has 0 radical (unpaired) electrons. The summed E-state index contributed by atoms with van der Waals surface area (Å²) in [7, 11) is 1.54. The van der Waals surface area contributed by atoms with Crippen LogP contribution in [0.25, 0.3) is 0 Å². The molecular formula is C11H19N5O2. The van der Waals surface area contributed by atoms with Crippen LogP contribution in [0.2, 0.25) is 0 Å². The van der Waals surface area contributed by atoms with Crippen molar-refractivity contribution in [3.8, 4) is 0 Å². The molecule has 5 N–H and O–H groups in total. The van der Waals surface area contributed by atoms with E-state index in [0.717, 1.165) is 0 Å². The topological polar surface area (TPSA) is 116 Å². The van der Waals surface area contributed by atoms with Gasteiger partial charge in [-0.05, 0) is 5.92 Å². The Morgan fingerprint density at radius 2 is 2.17 bits per heavy atom. The number of primary amides is 1. The minimum absolute atomic E-state index is 0.0459. The van der Waals surface area contributed by atoms with Crippen molar-refractivity contribution in [2.24, 2.45) is 11.7 Å². The Labute approximate surface area is 106 Å². The van der Waals surface area contributed by atoms with Crippen LogP contribution in [0.5, 0.6) is 0 Å². The molecule has 1 atom stereocenters. The maximum absolute atomic E-state index is 11.3.